The average Bonchev–Trinajstić information content (AvgIpc) is 3.44. The van der Waals surface area contributed by atoms with E-state index in [1.807, 2.05) is 54.6 Å². The Hall–Kier alpha value is -4.72. The van der Waals surface area contributed by atoms with Crippen LogP contribution in [-0.4, -0.2) is 38.8 Å². The molecule has 8 heteroatoms. The van der Waals surface area contributed by atoms with E-state index in [2.05, 4.69) is 10.3 Å². The fourth-order valence-electron chi connectivity index (χ4n) is 4.75. The Morgan fingerprint density at radius 2 is 1.66 bits per heavy atom. The summed E-state index contributed by atoms with van der Waals surface area (Å²) in [5.74, 6) is -1.05. The molecule has 1 aromatic heterocycles. The summed E-state index contributed by atoms with van der Waals surface area (Å²) in [6.45, 7) is 5.58. The number of amides is 2. The first-order valence-corrected chi connectivity index (χ1v) is 12.3. The number of hydrogen-bond acceptors (Lipinski definition) is 5. The number of anilines is 1. The number of oxazole rings is 1. The minimum absolute atomic E-state index is 0.209. The van der Waals surface area contributed by atoms with E-state index >= 15 is 0 Å². The molecule has 1 atom stereocenters. The van der Waals surface area contributed by atoms with Gasteiger partial charge in [0.2, 0.25) is 5.89 Å². The Morgan fingerprint density at radius 1 is 0.974 bits per heavy atom. The second-order valence-corrected chi connectivity index (χ2v) is 9.65. The maximum atomic E-state index is 13.1. The fourth-order valence-corrected chi connectivity index (χ4v) is 4.75. The smallest absolute Gasteiger partial charge is 0.326 e. The van der Waals surface area contributed by atoms with Gasteiger partial charge in [-0.05, 0) is 59.9 Å². The summed E-state index contributed by atoms with van der Waals surface area (Å²) in [5.41, 5.74) is 4.61. The Balaban J connectivity index is 1.31. The van der Waals surface area contributed by atoms with Gasteiger partial charge in [0, 0.05) is 23.4 Å². The lowest BCUT2D eigenvalue weighted by molar-refractivity contribution is -0.144. The highest BCUT2D eigenvalue weighted by Crippen LogP contribution is 2.32. The van der Waals surface area contributed by atoms with Crippen molar-refractivity contribution < 1.29 is 23.9 Å². The van der Waals surface area contributed by atoms with Gasteiger partial charge in [0.05, 0.1) is 0 Å². The van der Waals surface area contributed by atoms with Gasteiger partial charge in [-0.25, -0.2) is 9.78 Å². The van der Waals surface area contributed by atoms with Gasteiger partial charge < -0.3 is 19.7 Å². The predicted octanol–water partition coefficient (Wildman–Crippen LogP) is 5.63. The van der Waals surface area contributed by atoms with E-state index in [9.17, 15) is 19.5 Å². The highest BCUT2D eigenvalue weighted by atomic mass is 16.4. The predicted molar refractivity (Wildman–Crippen MR) is 143 cm³/mol. The molecule has 38 heavy (non-hydrogen) atoms. The number of carboxylic acids is 1. The number of hydrogen-bond donors (Lipinski definition) is 2. The molecule has 0 saturated carbocycles. The lowest BCUT2D eigenvalue weighted by Gasteiger charge is -2.27. The Morgan fingerprint density at radius 3 is 2.32 bits per heavy atom. The quantitative estimate of drug-likeness (QED) is 0.334. The van der Waals surface area contributed by atoms with E-state index in [-0.39, 0.29) is 30.0 Å². The molecule has 0 bridgehead atoms. The van der Waals surface area contributed by atoms with E-state index in [1.165, 1.54) is 4.90 Å². The zero-order chi connectivity index (χ0) is 27.0. The van der Waals surface area contributed by atoms with Gasteiger partial charge in [-0.15, -0.1) is 0 Å². The number of carbonyl (C=O) groups is 3. The van der Waals surface area contributed by atoms with E-state index < -0.39 is 12.0 Å². The van der Waals surface area contributed by atoms with Crippen molar-refractivity contribution in [3.05, 3.63) is 95.4 Å². The van der Waals surface area contributed by atoms with Gasteiger partial charge in [-0.2, -0.15) is 0 Å². The number of aliphatic carboxylic acids is 1. The maximum Gasteiger partial charge on any atom is 0.326 e. The van der Waals surface area contributed by atoms with Crippen molar-refractivity contribution in [2.45, 2.75) is 33.4 Å². The molecule has 2 heterocycles. The van der Waals surface area contributed by atoms with Gasteiger partial charge in [0.1, 0.15) is 11.8 Å². The number of nitrogens with zero attached hydrogens (tertiary/aromatic N) is 2. The van der Waals surface area contributed by atoms with Crippen LogP contribution < -0.4 is 5.32 Å². The molecular weight excluding hydrogens is 482 g/mol. The highest BCUT2D eigenvalue weighted by Gasteiger charge is 2.38. The van der Waals surface area contributed by atoms with Crippen molar-refractivity contribution in [2.24, 2.45) is 5.92 Å². The summed E-state index contributed by atoms with van der Waals surface area (Å²) in [6, 6.07) is 21.4. The first-order chi connectivity index (χ1) is 18.2. The largest absolute Gasteiger partial charge is 0.480 e. The molecule has 192 valence electrons. The Kier molecular flexibility index (Phi) is 6.55. The van der Waals surface area contributed by atoms with Gasteiger partial charge in [0.25, 0.3) is 11.8 Å². The van der Waals surface area contributed by atoms with Crippen molar-refractivity contribution in [1.82, 2.24) is 9.88 Å². The number of aryl methyl sites for hydroxylation is 1. The number of carbonyl (C=O) groups excluding carboxylic acids is 2. The van der Waals surface area contributed by atoms with Crippen molar-refractivity contribution in [2.75, 3.05) is 5.32 Å². The van der Waals surface area contributed by atoms with Crippen LogP contribution in [0.25, 0.3) is 22.6 Å². The van der Waals surface area contributed by atoms with Crippen LogP contribution in [0.2, 0.25) is 0 Å². The van der Waals surface area contributed by atoms with Crippen LogP contribution in [0.15, 0.2) is 77.2 Å². The summed E-state index contributed by atoms with van der Waals surface area (Å²) in [5, 5.41) is 12.5. The number of carboxylic acid groups (broad SMARTS) is 1. The van der Waals surface area contributed by atoms with E-state index in [0.29, 0.717) is 22.9 Å². The minimum Gasteiger partial charge on any atom is -0.480 e. The number of fused-ring (bicyclic) bond motifs is 1. The summed E-state index contributed by atoms with van der Waals surface area (Å²) in [4.78, 5) is 43.5. The molecule has 8 nitrogen and oxygen atoms in total. The maximum absolute atomic E-state index is 13.1. The molecule has 0 radical (unpaired) electrons. The number of aromatic nitrogens is 1. The third-order valence-corrected chi connectivity index (χ3v) is 6.67. The summed E-state index contributed by atoms with van der Waals surface area (Å²) in [7, 11) is 0. The Bertz CT molecular complexity index is 1520. The van der Waals surface area contributed by atoms with Crippen LogP contribution in [-0.2, 0) is 11.3 Å². The topological polar surface area (TPSA) is 113 Å². The first kappa shape index (κ1) is 25.0. The molecule has 5 rings (SSSR count). The van der Waals surface area contributed by atoms with E-state index in [4.69, 9.17) is 4.42 Å². The van der Waals surface area contributed by atoms with Crippen LogP contribution in [0.1, 0.15) is 46.0 Å². The molecule has 0 unspecified atom stereocenters. The van der Waals surface area contributed by atoms with Crippen LogP contribution in [0.3, 0.4) is 0 Å². The van der Waals surface area contributed by atoms with Crippen LogP contribution >= 0.6 is 0 Å². The molecule has 2 N–H and O–H groups in total. The third kappa shape index (κ3) is 4.68. The van der Waals surface area contributed by atoms with Crippen LogP contribution in [0.5, 0.6) is 0 Å². The lowest BCUT2D eigenvalue weighted by Crippen LogP contribution is -2.44. The second kappa shape index (κ2) is 9.97. The normalized spacial score (nSPS) is 13.5. The van der Waals surface area contributed by atoms with Gasteiger partial charge in [-0.1, -0.05) is 56.3 Å². The van der Waals surface area contributed by atoms with Gasteiger partial charge in [0.15, 0.2) is 5.69 Å². The monoisotopic (exact) mass is 509 g/mol. The summed E-state index contributed by atoms with van der Waals surface area (Å²) in [6.07, 6.45) is 0. The molecule has 0 fully saturated rings. The molecule has 4 aromatic rings. The zero-order valence-corrected chi connectivity index (χ0v) is 21.3. The molecule has 0 saturated heterocycles. The Labute approximate surface area is 219 Å². The first-order valence-electron chi connectivity index (χ1n) is 12.3. The van der Waals surface area contributed by atoms with Gasteiger partial charge in [-0.3, -0.25) is 9.59 Å². The lowest BCUT2D eigenvalue weighted by atomic mass is 10.00. The van der Waals surface area contributed by atoms with E-state index in [0.717, 1.165) is 22.3 Å². The standard InChI is InChI=1S/C30H27N3O5/c1-17(2)26(30(36)37)33-16-22-10-9-21(15-24(22)29(33)35)19-11-13-23(14-12-19)31-27(34)25-18(3)38-28(32-25)20-7-5-4-6-8-20/h4-15,17,26H,16H2,1-3H3,(H,31,34)(H,36,37)/t26-/m0/s1. The summed E-state index contributed by atoms with van der Waals surface area (Å²) < 4.78 is 5.69. The minimum atomic E-state index is -1.00. The van der Waals surface area contributed by atoms with Crippen molar-refractivity contribution in [3.63, 3.8) is 0 Å². The number of benzene rings is 3. The third-order valence-electron chi connectivity index (χ3n) is 6.67. The van der Waals surface area contributed by atoms with Crippen LogP contribution in [0, 0.1) is 12.8 Å². The van der Waals surface area contributed by atoms with E-state index in [1.54, 1.807) is 39.0 Å². The molecule has 1 aliphatic heterocycles. The van der Waals surface area contributed by atoms with Crippen molar-refractivity contribution in [1.29, 1.82) is 0 Å². The average molecular weight is 510 g/mol. The van der Waals surface area contributed by atoms with Crippen LogP contribution in [0.4, 0.5) is 5.69 Å². The van der Waals surface area contributed by atoms with Gasteiger partial charge >= 0.3 is 5.97 Å². The van der Waals surface area contributed by atoms with Crippen molar-refractivity contribution in [3.8, 4) is 22.6 Å². The SMILES string of the molecule is Cc1oc(-c2ccccc2)nc1C(=O)Nc1ccc(-c2ccc3c(c2)C(=O)N([C@H](C(=O)O)C(C)C)C3)cc1. The molecule has 2 amide bonds. The molecule has 3 aromatic carbocycles. The molecular formula is C30H27N3O5. The molecule has 0 aliphatic carbocycles. The molecule has 1 aliphatic rings. The fraction of sp³-hybridized carbons (Fsp3) is 0.200. The van der Waals surface area contributed by atoms with Crippen molar-refractivity contribution >= 4 is 23.5 Å². The summed E-state index contributed by atoms with van der Waals surface area (Å²) >= 11 is 0. The number of nitrogens with one attached hydrogen (secondary N) is 1. The highest BCUT2D eigenvalue weighted by molar-refractivity contribution is 6.04. The molecule has 0 spiro atoms. The second-order valence-electron chi connectivity index (χ2n) is 9.65. The number of rotatable bonds is 7. The zero-order valence-electron chi connectivity index (χ0n) is 21.3.